The Kier molecular flexibility index (Phi) is 13.8. The Morgan fingerprint density at radius 2 is 1.44 bits per heavy atom. The third-order valence-electron chi connectivity index (χ3n) is 4.42. The third-order valence-corrected chi connectivity index (χ3v) is 10.7. The van der Waals surface area contributed by atoms with Gasteiger partial charge < -0.3 is 13.0 Å². The standard InChI is InChI=1S/C20H42O3Si2/c1-8-13-15-16-19-21-24(6,11-4)23-25(7,12-5)22-20(17-10-3)18-14-9-2/h11-12,20H,4-5,8-10,13-19H2,1-3,6-7H3. The Balaban J connectivity index is 4.77. The normalized spacial score (nSPS) is 17.5. The molecule has 0 aromatic heterocycles. The highest BCUT2D eigenvalue weighted by Crippen LogP contribution is 2.24. The van der Waals surface area contributed by atoms with Crippen LogP contribution in [0.2, 0.25) is 13.1 Å². The summed E-state index contributed by atoms with van der Waals surface area (Å²) in [6.45, 7) is 19.5. The molecule has 0 fully saturated rings. The highest BCUT2D eigenvalue weighted by atomic mass is 28.5. The number of unbranched alkanes of at least 4 members (excludes halogenated alkanes) is 4. The molecule has 0 N–H and O–H groups in total. The lowest BCUT2D eigenvalue weighted by Gasteiger charge is -2.36. The lowest BCUT2D eigenvalue weighted by molar-refractivity contribution is 0.127. The summed E-state index contributed by atoms with van der Waals surface area (Å²) in [5.41, 5.74) is 3.78. The fourth-order valence-corrected chi connectivity index (χ4v) is 8.77. The molecule has 0 aliphatic heterocycles. The molecular formula is C20H42O3Si2. The van der Waals surface area contributed by atoms with Crippen LogP contribution in [0.5, 0.6) is 0 Å². The summed E-state index contributed by atoms with van der Waals surface area (Å²) in [4.78, 5) is 0. The van der Waals surface area contributed by atoms with Crippen molar-refractivity contribution in [2.75, 3.05) is 6.61 Å². The summed E-state index contributed by atoms with van der Waals surface area (Å²) in [6.07, 6.45) is 10.7. The molecule has 0 radical (unpaired) electrons. The zero-order chi connectivity index (χ0) is 19.2. The molecular weight excluding hydrogens is 344 g/mol. The second-order valence-corrected chi connectivity index (χ2v) is 13.3. The lowest BCUT2D eigenvalue weighted by atomic mass is 10.1. The molecule has 0 aliphatic rings. The van der Waals surface area contributed by atoms with Gasteiger partial charge in [0.15, 0.2) is 0 Å². The maximum Gasteiger partial charge on any atom is 0.352 e. The summed E-state index contributed by atoms with van der Waals surface area (Å²) >= 11 is 0. The van der Waals surface area contributed by atoms with Crippen molar-refractivity contribution >= 4 is 17.1 Å². The van der Waals surface area contributed by atoms with Crippen molar-refractivity contribution in [3.8, 4) is 0 Å². The van der Waals surface area contributed by atoms with E-state index in [1.54, 1.807) is 0 Å². The highest BCUT2D eigenvalue weighted by molar-refractivity contribution is 6.84. The van der Waals surface area contributed by atoms with Gasteiger partial charge in [0.25, 0.3) is 0 Å². The molecule has 0 heterocycles. The molecule has 0 bridgehead atoms. The van der Waals surface area contributed by atoms with Gasteiger partial charge in [-0.15, -0.1) is 13.2 Å². The molecule has 25 heavy (non-hydrogen) atoms. The van der Waals surface area contributed by atoms with E-state index in [1.165, 1.54) is 32.1 Å². The van der Waals surface area contributed by atoms with Crippen molar-refractivity contribution in [2.45, 2.75) is 97.8 Å². The van der Waals surface area contributed by atoms with Crippen molar-refractivity contribution in [3.05, 3.63) is 24.6 Å². The van der Waals surface area contributed by atoms with Crippen LogP contribution < -0.4 is 0 Å². The van der Waals surface area contributed by atoms with Crippen LogP contribution in [0.3, 0.4) is 0 Å². The molecule has 0 aliphatic carbocycles. The van der Waals surface area contributed by atoms with E-state index in [0.717, 1.165) is 32.3 Å². The predicted octanol–water partition coefficient (Wildman–Crippen LogP) is 6.57. The van der Waals surface area contributed by atoms with E-state index in [-0.39, 0.29) is 6.10 Å². The molecule has 0 spiro atoms. The Morgan fingerprint density at radius 1 is 0.800 bits per heavy atom. The Labute approximate surface area is 159 Å². The van der Waals surface area contributed by atoms with Gasteiger partial charge in [-0.2, -0.15) is 0 Å². The smallest absolute Gasteiger partial charge is 0.352 e. The van der Waals surface area contributed by atoms with Gasteiger partial charge >= 0.3 is 17.1 Å². The minimum atomic E-state index is -2.48. The van der Waals surface area contributed by atoms with Crippen molar-refractivity contribution in [1.82, 2.24) is 0 Å². The predicted molar refractivity (Wildman–Crippen MR) is 114 cm³/mol. The van der Waals surface area contributed by atoms with Crippen LogP contribution in [0, 0.1) is 0 Å². The molecule has 3 nitrogen and oxygen atoms in total. The van der Waals surface area contributed by atoms with Gasteiger partial charge in [0, 0.05) is 12.7 Å². The average molecular weight is 387 g/mol. The zero-order valence-corrected chi connectivity index (χ0v) is 19.4. The monoisotopic (exact) mass is 386 g/mol. The molecule has 0 saturated heterocycles. The Morgan fingerprint density at radius 3 is 1.96 bits per heavy atom. The van der Waals surface area contributed by atoms with Crippen LogP contribution in [-0.2, 0) is 13.0 Å². The maximum atomic E-state index is 6.48. The first kappa shape index (κ1) is 24.8. The summed E-state index contributed by atoms with van der Waals surface area (Å²) in [5, 5.41) is 0. The molecule has 0 aromatic rings. The fourth-order valence-electron chi connectivity index (χ4n) is 2.80. The van der Waals surface area contributed by atoms with E-state index in [0.29, 0.717) is 0 Å². The van der Waals surface area contributed by atoms with Gasteiger partial charge in [0.05, 0.1) is 0 Å². The van der Waals surface area contributed by atoms with Crippen molar-refractivity contribution in [3.63, 3.8) is 0 Å². The summed E-state index contributed by atoms with van der Waals surface area (Å²) < 4.78 is 19.1. The second kappa shape index (κ2) is 13.9. The number of hydrogen-bond acceptors (Lipinski definition) is 3. The average Bonchev–Trinajstić information content (AvgIpc) is 2.59. The largest absolute Gasteiger partial charge is 0.409 e. The van der Waals surface area contributed by atoms with Gasteiger partial charge in [0.2, 0.25) is 0 Å². The summed E-state index contributed by atoms with van der Waals surface area (Å²) in [6, 6.07) is 0. The summed E-state index contributed by atoms with van der Waals surface area (Å²) in [5.74, 6) is 0. The molecule has 0 aromatic carbocycles. The van der Waals surface area contributed by atoms with Gasteiger partial charge in [0.1, 0.15) is 0 Å². The quantitative estimate of drug-likeness (QED) is 0.209. The van der Waals surface area contributed by atoms with E-state index >= 15 is 0 Å². The Hall–Kier alpha value is -0.206. The number of hydrogen-bond donors (Lipinski definition) is 0. The SMILES string of the molecule is C=C[Si](C)(OCCCCCC)O[Si](C)(C=C)OC(CCC)CCCC. The van der Waals surface area contributed by atoms with Crippen molar-refractivity contribution in [1.29, 1.82) is 0 Å². The molecule has 0 saturated carbocycles. The van der Waals surface area contributed by atoms with E-state index in [1.807, 2.05) is 11.4 Å². The molecule has 0 rings (SSSR count). The van der Waals surface area contributed by atoms with Gasteiger partial charge in [-0.05, 0) is 32.4 Å². The minimum absolute atomic E-state index is 0.257. The molecule has 0 amide bonds. The van der Waals surface area contributed by atoms with Gasteiger partial charge in [-0.3, -0.25) is 0 Å². The van der Waals surface area contributed by atoms with E-state index in [4.69, 9.17) is 13.0 Å². The molecule has 3 atom stereocenters. The van der Waals surface area contributed by atoms with Gasteiger partial charge in [-0.1, -0.05) is 70.7 Å². The molecule has 3 unspecified atom stereocenters. The first-order chi connectivity index (χ1) is 11.9. The maximum absolute atomic E-state index is 6.48. The third kappa shape index (κ3) is 11.2. The van der Waals surface area contributed by atoms with Crippen LogP contribution in [0.25, 0.3) is 0 Å². The van der Waals surface area contributed by atoms with Crippen molar-refractivity contribution < 1.29 is 13.0 Å². The first-order valence-corrected chi connectivity index (χ1v) is 15.0. The number of rotatable bonds is 17. The van der Waals surface area contributed by atoms with E-state index in [2.05, 4.69) is 47.0 Å². The van der Waals surface area contributed by atoms with Crippen LogP contribution in [-0.4, -0.2) is 29.8 Å². The lowest BCUT2D eigenvalue weighted by Crippen LogP contribution is -2.51. The van der Waals surface area contributed by atoms with Crippen LogP contribution in [0.4, 0.5) is 0 Å². The van der Waals surface area contributed by atoms with E-state index in [9.17, 15) is 0 Å². The molecule has 148 valence electrons. The summed E-state index contributed by atoms with van der Waals surface area (Å²) in [7, 11) is -4.91. The highest BCUT2D eigenvalue weighted by Gasteiger charge is 2.41. The van der Waals surface area contributed by atoms with E-state index < -0.39 is 17.1 Å². The van der Waals surface area contributed by atoms with Gasteiger partial charge in [-0.25, -0.2) is 0 Å². The van der Waals surface area contributed by atoms with Crippen molar-refractivity contribution in [2.24, 2.45) is 0 Å². The van der Waals surface area contributed by atoms with Crippen LogP contribution in [0.1, 0.15) is 78.6 Å². The van der Waals surface area contributed by atoms with Crippen LogP contribution in [0.15, 0.2) is 24.6 Å². The second-order valence-electron chi connectivity index (χ2n) is 7.12. The zero-order valence-electron chi connectivity index (χ0n) is 17.4. The Bertz CT molecular complexity index is 365. The fraction of sp³-hybridized carbons (Fsp3) is 0.800. The first-order valence-electron chi connectivity index (χ1n) is 10.2. The molecule has 5 heteroatoms. The minimum Gasteiger partial charge on any atom is -0.409 e. The topological polar surface area (TPSA) is 27.7 Å². The van der Waals surface area contributed by atoms with Crippen LogP contribution >= 0.6 is 0 Å².